The van der Waals surface area contributed by atoms with Gasteiger partial charge < -0.3 is 14.8 Å². The highest BCUT2D eigenvalue weighted by Gasteiger charge is 2.22. The molecule has 1 aliphatic carbocycles. The van der Waals surface area contributed by atoms with Gasteiger partial charge in [-0.25, -0.2) is 13.8 Å². The maximum atomic E-state index is 13.8. The molecule has 0 radical (unpaired) electrons. The van der Waals surface area contributed by atoms with Crippen LogP contribution in [0.3, 0.4) is 0 Å². The second-order valence-electron chi connectivity index (χ2n) is 7.13. The van der Waals surface area contributed by atoms with Crippen LogP contribution in [0.25, 0.3) is 11.3 Å². The minimum Gasteiger partial charge on any atom is -0.477 e. The first kappa shape index (κ1) is 24.5. The van der Waals surface area contributed by atoms with Gasteiger partial charge in [-0.3, -0.25) is 14.8 Å². The number of anilines is 1. The van der Waals surface area contributed by atoms with E-state index >= 15 is 0 Å². The number of hydrogen-bond donors (Lipinski definition) is 2. The highest BCUT2D eigenvalue weighted by Crippen LogP contribution is 2.34. The Hall–Kier alpha value is -3.11. The molecule has 3 aromatic rings. The van der Waals surface area contributed by atoms with Crippen molar-refractivity contribution in [2.45, 2.75) is 31.6 Å². The van der Waals surface area contributed by atoms with Crippen LogP contribution in [0.1, 0.15) is 35.8 Å². The van der Waals surface area contributed by atoms with Crippen molar-refractivity contribution in [3.63, 3.8) is 0 Å². The second-order valence-corrected chi connectivity index (χ2v) is 8.24. The first-order valence-electron chi connectivity index (χ1n) is 10.4. The molecular weight excluding hydrogens is 448 g/mol. The number of nitrogens with one attached hydrogen (secondary N) is 2. The van der Waals surface area contributed by atoms with E-state index in [9.17, 15) is 13.6 Å². The summed E-state index contributed by atoms with van der Waals surface area (Å²) in [4.78, 5) is 22.6. The Morgan fingerprint density at radius 1 is 1.21 bits per heavy atom. The lowest BCUT2D eigenvalue weighted by Crippen LogP contribution is -2.06. The number of carbonyl (C=O) groups is 1. The van der Waals surface area contributed by atoms with Gasteiger partial charge in [-0.15, -0.1) is 0 Å². The molecule has 1 fully saturated rings. The molecule has 10 heteroatoms. The third kappa shape index (κ3) is 7.47. The largest absolute Gasteiger partial charge is 0.477 e. The molecule has 0 atom stereocenters. The smallest absolute Gasteiger partial charge is 0.232 e. The van der Waals surface area contributed by atoms with Crippen LogP contribution in [-0.4, -0.2) is 40.1 Å². The third-order valence-corrected chi connectivity index (χ3v) is 5.59. The Morgan fingerprint density at radius 3 is 2.73 bits per heavy atom. The Kier molecular flexibility index (Phi) is 9.08. The highest BCUT2D eigenvalue weighted by molar-refractivity contribution is 8.01. The van der Waals surface area contributed by atoms with Crippen LogP contribution in [0.4, 0.5) is 14.5 Å². The third-order valence-electron chi connectivity index (χ3n) is 4.44. The number of pyridine rings is 1. The standard InChI is InChI=1S/C13H10F2N2O2.C10H15N3S/c1-2-19-13-6-16-5-12(17-13)9-4-10(14)8(7-18)3-11(9)15;1-11-7-9-6-8(4-5-12-9)13-14-10-2-3-10/h3-7H,2H2,1H3;4-6,10-11H,2-3,7H2,1H3,(H,12,13). The number of nitrogens with zero attached hydrogens (tertiary/aromatic N) is 3. The average molecular weight is 474 g/mol. The van der Waals surface area contributed by atoms with Gasteiger partial charge in [-0.1, -0.05) is 0 Å². The van der Waals surface area contributed by atoms with Gasteiger partial charge in [0.2, 0.25) is 5.88 Å². The molecule has 174 valence electrons. The first-order chi connectivity index (χ1) is 16.0. The molecule has 0 unspecified atom stereocenters. The van der Waals surface area contributed by atoms with Gasteiger partial charge in [-0.2, -0.15) is 0 Å². The number of carbonyl (C=O) groups excluding carboxylic acids is 1. The quantitative estimate of drug-likeness (QED) is 0.343. The second kappa shape index (κ2) is 12.2. The lowest BCUT2D eigenvalue weighted by molar-refractivity contribution is 0.111. The van der Waals surface area contributed by atoms with Crippen LogP contribution in [-0.2, 0) is 6.54 Å². The summed E-state index contributed by atoms with van der Waals surface area (Å²) in [5.41, 5.74) is 1.96. The molecule has 1 saturated carbocycles. The van der Waals surface area contributed by atoms with Gasteiger partial charge in [0, 0.05) is 29.2 Å². The number of hydrogen-bond acceptors (Lipinski definition) is 8. The van der Waals surface area contributed by atoms with Crippen molar-refractivity contribution in [3.05, 3.63) is 65.7 Å². The van der Waals surface area contributed by atoms with Crippen molar-refractivity contribution in [1.82, 2.24) is 20.3 Å². The normalized spacial score (nSPS) is 12.5. The van der Waals surface area contributed by atoms with Crippen LogP contribution in [0.5, 0.6) is 5.88 Å². The predicted octanol–water partition coefficient (Wildman–Crippen LogP) is 4.66. The number of aromatic nitrogens is 3. The van der Waals surface area contributed by atoms with Gasteiger partial charge in [-0.05, 0) is 63.0 Å². The number of ether oxygens (including phenoxy) is 1. The van der Waals surface area contributed by atoms with E-state index in [0.717, 1.165) is 35.3 Å². The van der Waals surface area contributed by atoms with Gasteiger partial charge in [0.1, 0.15) is 11.6 Å². The van der Waals surface area contributed by atoms with Crippen LogP contribution in [0, 0.1) is 11.6 Å². The lowest BCUT2D eigenvalue weighted by Gasteiger charge is -2.06. The topological polar surface area (TPSA) is 89.0 Å². The fourth-order valence-corrected chi connectivity index (χ4v) is 3.50. The molecular formula is C23H25F2N5O2S. The molecule has 2 N–H and O–H groups in total. The Morgan fingerprint density at radius 2 is 2.03 bits per heavy atom. The summed E-state index contributed by atoms with van der Waals surface area (Å²) in [6.45, 7) is 2.98. The SMILES string of the molecule is CCOc1cncc(-c2cc(F)c(C=O)cc2F)n1.CNCc1cc(NSC2CC2)ccn1. The van der Waals surface area contributed by atoms with Gasteiger partial charge in [0.05, 0.1) is 36.0 Å². The fraction of sp³-hybridized carbons (Fsp3) is 0.304. The van der Waals surface area contributed by atoms with E-state index in [0.29, 0.717) is 6.61 Å². The van der Waals surface area contributed by atoms with Crippen molar-refractivity contribution in [2.24, 2.45) is 0 Å². The summed E-state index contributed by atoms with van der Waals surface area (Å²) in [5.74, 6) is -1.33. The minimum absolute atomic E-state index is 0.0721. The number of halogens is 2. The van der Waals surface area contributed by atoms with Gasteiger partial charge >= 0.3 is 0 Å². The summed E-state index contributed by atoms with van der Waals surface area (Å²) >= 11 is 1.82. The van der Waals surface area contributed by atoms with Crippen molar-refractivity contribution < 1.29 is 18.3 Å². The Balaban J connectivity index is 0.000000194. The predicted molar refractivity (Wildman–Crippen MR) is 125 cm³/mol. The van der Waals surface area contributed by atoms with Crippen LogP contribution >= 0.6 is 11.9 Å². The number of benzene rings is 1. The number of rotatable bonds is 9. The molecule has 0 amide bonds. The highest BCUT2D eigenvalue weighted by atomic mass is 32.2. The molecule has 1 aliphatic rings. The zero-order chi connectivity index (χ0) is 23.6. The first-order valence-corrected chi connectivity index (χ1v) is 11.3. The molecule has 0 spiro atoms. The van der Waals surface area contributed by atoms with Crippen molar-refractivity contribution in [1.29, 1.82) is 0 Å². The molecule has 1 aromatic carbocycles. The van der Waals surface area contributed by atoms with Gasteiger partial charge in [0.25, 0.3) is 0 Å². The average Bonchev–Trinajstić information content (AvgIpc) is 3.65. The fourth-order valence-electron chi connectivity index (χ4n) is 2.70. The Labute approximate surface area is 195 Å². The molecule has 7 nitrogen and oxygen atoms in total. The molecule has 0 bridgehead atoms. The van der Waals surface area contributed by atoms with Crippen LogP contribution in [0.2, 0.25) is 0 Å². The van der Waals surface area contributed by atoms with Crippen molar-refractivity contribution in [2.75, 3.05) is 18.4 Å². The molecule has 2 heterocycles. The lowest BCUT2D eigenvalue weighted by atomic mass is 10.1. The summed E-state index contributed by atoms with van der Waals surface area (Å²) in [6.07, 6.45) is 7.48. The van der Waals surface area contributed by atoms with Gasteiger partial charge in [0.15, 0.2) is 6.29 Å². The van der Waals surface area contributed by atoms with Crippen LogP contribution in [0.15, 0.2) is 42.9 Å². The Bertz CT molecular complexity index is 1080. The van der Waals surface area contributed by atoms with Crippen LogP contribution < -0.4 is 14.8 Å². The van der Waals surface area contributed by atoms with E-state index in [-0.39, 0.29) is 29.0 Å². The maximum absolute atomic E-state index is 13.8. The van der Waals surface area contributed by atoms with Crippen molar-refractivity contribution in [3.8, 4) is 17.1 Å². The van der Waals surface area contributed by atoms with E-state index in [4.69, 9.17) is 4.74 Å². The molecule has 33 heavy (non-hydrogen) atoms. The zero-order valence-corrected chi connectivity index (χ0v) is 19.2. The summed E-state index contributed by atoms with van der Waals surface area (Å²) < 4.78 is 35.8. The van der Waals surface area contributed by atoms with E-state index in [1.807, 2.05) is 31.3 Å². The van der Waals surface area contributed by atoms with E-state index < -0.39 is 11.6 Å². The summed E-state index contributed by atoms with van der Waals surface area (Å²) in [6, 6.07) is 5.84. The van der Waals surface area contributed by atoms with Crippen molar-refractivity contribution >= 4 is 23.9 Å². The molecule has 4 rings (SSSR count). The van der Waals surface area contributed by atoms with E-state index in [1.54, 1.807) is 6.92 Å². The minimum atomic E-state index is -0.810. The number of aldehydes is 1. The van der Waals surface area contributed by atoms with E-state index in [2.05, 4.69) is 31.1 Å². The van der Waals surface area contributed by atoms with E-state index in [1.165, 1.54) is 25.2 Å². The molecule has 0 aliphatic heterocycles. The monoisotopic (exact) mass is 473 g/mol. The zero-order valence-electron chi connectivity index (χ0n) is 18.3. The summed E-state index contributed by atoms with van der Waals surface area (Å²) in [5, 5.41) is 3.92. The maximum Gasteiger partial charge on any atom is 0.232 e. The molecule has 0 saturated heterocycles. The summed E-state index contributed by atoms with van der Waals surface area (Å²) in [7, 11) is 1.93. The molecule has 2 aromatic heterocycles.